The van der Waals surface area contributed by atoms with E-state index in [-0.39, 0.29) is 5.91 Å². The van der Waals surface area contributed by atoms with Crippen LogP contribution in [0.15, 0.2) is 90.3 Å². The van der Waals surface area contributed by atoms with Crippen molar-refractivity contribution in [2.24, 2.45) is 0 Å². The van der Waals surface area contributed by atoms with Crippen LogP contribution in [0.4, 0.5) is 10.8 Å². The fourth-order valence-corrected chi connectivity index (χ4v) is 5.60. The Balaban J connectivity index is 1.48. The molecule has 0 saturated carbocycles. The van der Waals surface area contributed by atoms with Crippen LogP contribution < -0.4 is 4.90 Å². The molecule has 0 aliphatic heterocycles. The third-order valence-electron chi connectivity index (χ3n) is 6.50. The van der Waals surface area contributed by atoms with Crippen LogP contribution in [0.3, 0.4) is 0 Å². The summed E-state index contributed by atoms with van der Waals surface area (Å²) in [5.74, 6) is -0.113. The summed E-state index contributed by atoms with van der Waals surface area (Å²) in [6.07, 6.45) is 3.77. The molecule has 0 aliphatic rings. The van der Waals surface area contributed by atoms with Crippen molar-refractivity contribution in [2.45, 2.75) is 13.8 Å². The molecule has 0 radical (unpaired) electrons. The number of imidazole rings is 1. The summed E-state index contributed by atoms with van der Waals surface area (Å²) in [6.45, 7) is 3.59. The lowest BCUT2D eigenvalue weighted by Crippen LogP contribution is -2.22. The predicted molar refractivity (Wildman–Crippen MR) is 158 cm³/mol. The van der Waals surface area contributed by atoms with Crippen LogP contribution in [0.5, 0.6) is 0 Å². The Hall–Kier alpha value is -5.06. The van der Waals surface area contributed by atoms with Gasteiger partial charge in [-0.25, -0.2) is 9.97 Å². The van der Waals surface area contributed by atoms with Gasteiger partial charge in [-0.05, 0) is 60.5 Å². The van der Waals surface area contributed by atoms with E-state index in [1.807, 2.05) is 84.3 Å². The van der Waals surface area contributed by atoms with E-state index in [0.717, 1.165) is 39.1 Å². The molecule has 6 aromatic rings. The van der Waals surface area contributed by atoms with Crippen LogP contribution >= 0.6 is 11.3 Å². The highest BCUT2D eigenvalue weighted by atomic mass is 32.1. The molecular formula is C32H23N5OS. The Morgan fingerprint density at radius 2 is 1.77 bits per heavy atom. The molecule has 0 bridgehead atoms. The Morgan fingerprint density at radius 1 is 0.974 bits per heavy atom. The molecule has 3 heterocycles. The van der Waals surface area contributed by atoms with E-state index in [1.165, 1.54) is 18.3 Å². The second kappa shape index (κ2) is 10.0. The molecule has 0 saturated heterocycles. The molecule has 7 heteroatoms. The Morgan fingerprint density at radius 3 is 2.54 bits per heavy atom. The number of hydrogen-bond donors (Lipinski definition) is 0. The number of benzene rings is 3. The first-order valence-electron chi connectivity index (χ1n) is 12.4. The summed E-state index contributed by atoms with van der Waals surface area (Å²) in [7, 11) is 0. The Bertz CT molecular complexity index is 1930. The average molecular weight is 526 g/mol. The highest BCUT2D eigenvalue weighted by Gasteiger charge is 2.19. The Labute approximate surface area is 229 Å². The number of amides is 1. The van der Waals surface area contributed by atoms with Crippen molar-refractivity contribution in [2.75, 3.05) is 4.90 Å². The van der Waals surface area contributed by atoms with E-state index in [9.17, 15) is 10.1 Å². The monoisotopic (exact) mass is 525 g/mol. The van der Waals surface area contributed by atoms with E-state index in [0.29, 0.717) is 22.0 Å². The lowest BCUT2D eigenvalue weighted by Gasteiger charge is -2.17. The molecular weight excluding hydrogens is 502 g/mol. The summed E-state index contributed by atoms with van der Waals surface area (Å²) >= 11 is 1.39. The van der Waals surface area contributed by atoms with Crippen molar-refractivity contribution in [3.8, 4) is 17.3 Å². The topological polar surface area (TPSA) is 74.3 Å². The van der Waals surface area contributed by atoms with E-state index < -0.39 is 0 Å². The molecule has 0 fully saturated rings. The zero-order chi connectivity index (χ0) is 26.9. The van der Waals surface area contributed by atoms with Crippen LogP contribution in [0.2, 0.25) is 0 Å². The van der Waals surface area contributed by atoms with Crippen molar-refractivity contribution < 1.29 is 4.79 Å². The van der Waals surface area contributed by atoms with Crippen LogP contribution in [-0.2, 0) is 4.79 Å². The minimum atomic E-state index is -0.113. The van der Waals surface area contributed by atoms with Gasteiger partial charge in [-0.1, -0.05) is 60.2 Å². The molecule has 3 aromatic heterocycles. The van der Waals surface area contributed by atoms with Gasteiger partial charge in [-0.15, -0.1) is 11.3 Å². The average Bonchev–Trinajstić information content (AvgIpc) is 3.56. The highest BCUT2D eigenvalue weighted by molar-refractivity contribution is 7.14. The van der Waals surface area contributed by atoms with Gasteiger partial charge in [0.1, 0.15) is 11.6 Å². The van der Waals surface area contributed by atoms with E-state index in [1.54, 1.807) is 4.90 Å². The van der Waals surface area contributed by atoms with Crippen LogP contribution in [0, 0.1) is 18.3 Å². The van der Waals surface area contributed by atoms with Gasteiger partial charge in [0.2, 0.25) is 5.91 Å². The number of fused-ring (bicyclic) bond motifs is 3. The first kappa shape index (κ1) is 24.3. The maximum atomic E-state index is 12.4. The SMILES string of the molecule is CC(=O)N(c1ccccc1)c1nc(C=Cc2cc(-c3cccc(C)c3)n3c(nc4ccccc43)c2C#N)cs1. The molecule has 6 nitrogen and oxygen atoms in total. The summed E-state index contributed by atoms with van der Waals surface area (Å²) in [5, 5.41) is 12.7. The predicted octanol–water partition coefficient (Wildman–Crippen LogP) is 7.65. The normalized spacial score (nSPS) is 11.3. The number of para-hydroxylation sites is 3. The number of aryl methyl sites for hydroxylation is 1. The van der Waals surface area contributed by atoms with E-state index in [2.05, 4.69) is 35.6 Å². The van der Waals surface area contributed by atoms with Crippen LogP contribution in [0.25, 0.3) is 40.1 Å². The van der Waals surface area contributed by atoms with Crippen molar-refractivity contribution in [3.63, 3.8) is 0 Å². The largest absolute Gasteiger partial charge is 0.291 e. The minimum Gasteiger partial charge on any atom is -0.291 e. The number of carbonyl (C=O) groups excluding carboxylic acids is 1. The Kier molecular flexibility index (Phi) is 6.23. The van der Waals surface area contributed by atoms with Gasteiger partial charge in [-0.2, -0.15) is 5.26 Å². The maximum absolute atomic E-state index is 12.4. The van der Waals surface area contributed by atoms with Crippen LogP contribution in [-0.4, -0.2) is 20.3 Å². The van der Waals surface area contributed by atoms with Crippen LogP contribution in [0.1, 0.15) is 29.3 Å². The number of rotatable bonds is 5. The number of aromatic nitrogens is 3. The quantitative estimate of drug-likeness (QED) is 0.232. The van der Waals surface area contributed by atoms with Gasteiger partial charge in [0, 0.05) is 12.3 Å². The van der Waals surface area contributed by atoms with Gasteiger partial charge in [0.25, 0.3) is 0 Å². The number of thiazole rings is 1. The van der Waals surface area contributed by atoms with E-state index in [4.69, 9.17) is 9.97 Å². The van der Waals surface area contributed by atoms with Gasteiger partial charge in [0.05, 0.1) is 28.1 Å². The maximum Gasteiger partial charge on any atom is 0.230 e. The zero-order valence-corrected chi connectivity index (χ0v) is 22.2. The first-order chi connectivity index (χ1) is 19.0. The second-order valence-electron chi connectivity index (χ2n) is 9.18. The number of pyridine rings is 1. The third kappa shape index (κ3) is 4.48. The summed E-state index contributed by atoms with van der Waals surface area (Å²) < 4.78 is 2.06. The molecule has 6 rings (SSSR count). The molecule has 3 aromatic carbocycles. The summed E-state index contributed by atoms with van der Waals surface area (Å²) in [6, 6.07) is 30.1. The molecule has 0 spiro atoms. The molecule has 39 heavy (non-hydrogen) atoms. The van der Waals surface area contributed by atoms with Gasteiger partial charge < -0.3 is 0 Å². The van der Waals surface area contributed by atoms with Gasteiger partial charge >= 0.3 is 0 Å². The minimum absolute atomic E-state index is 0.113. The van der Waals surface area contributed by atoms with E-state index >= 15 is 0 Å². The second-order valence-corrected chi connectivity index (χ2v) is 10.0. The fourth-order valence-electron chi connectivity index (χ4n) is 4.75. The molecule has 0 aliphatic carbocycles. The van der Waals surface area contributed by atoms with Crippen molar-refractivity contribution in [1.82, 2.24) is 14.4 Å². The molecule has 1 amide bonds. The third-order valence-corrected chi connectivity index (χ3v) is 7.34. The zero-order valence-electron chi connectivity index (χ0n) is 21.4. The number of carbonyl (C=O) groups is 1. The lowest BCUT2D eigenvalue weighted by molar-refractivity contribution is -0.115. The fraction of sp³-hybridized carbons (Fsp3) is 0.0625. The molecule has 188 valence electrons. The van der Waals surface area contributed by atoms with Gasteiger partial charge in [-0.3, -0.25) is 14.1 Å². The van der Waals surface area contributed by atoms with Crippen molar-refractivity contribution >= 4 is 56.9 Å². The highest BCUT2D eigenvalue weighted by Crippen LogP contribution is 2.32. The molecule has 0 atom stereocenters. The van der Waals surface area contributed by atoms with Gasteiger partial charge in [0.15, 0.2) is 10.8 Å². The van der Waals surface area contributed by atoms with Crippen molar-refractivity contribution in [1.29, 1.82) is 5.26 Å². The number of hydrogen-bond acceptors (Lipinski definition) is 5. The summed E-state index contributed by atoms with van der Waals surface area (Å²) in [5.41, 5.74) is 8.24. The molecule has 0 N–H and O–H groups in total. The first-order valence-corrected chi connectivity index (χ1v) is 13.3. The standard InChI is InChI=1S/C32H23N5OS/c1-21-9-8-10-24(17-21)30-18-23(27(19-33)31-35-28-13-6-7-14-29(28)37(30)31)15-16-25-20-39-32(34-25)36(22(2)38)26-11-4-3-5-12-26/h3-18,20H,1-2H3. The number of anilines is 2. The molecule has 0 unspecified atom stereocenters. The summed E-state index contributed by atoms with van der Waals surface area (Å²) in [4.78, 5) is 23.6. The van der Waals surface area contributed by atoms with Crippen molar-refractivity contribution in [3.05, 3.63) is 113 Å². The smallest absolute Gasteiger partial charge is 0.230 e. The number of nitrogens with zero attached hydrogens (tertiary/aromatic N) is 5. The lowest BCUT2D eigenvalue weighted by atomic mass is 10.0. The number of nitriles is 1.